The van der Waals surface area contributed by atoms with Gasteiger partial charge < -0.3 is 32.8 Å². The lowest BCUT2D eigenvalue weighted by molar-refractivity contribution is 0.0418. The van der Waals surface area contributed by atoms with E-state index in [0.717, 1.165) is 0 Å². The summed E-state index contributed by atoms with van der Waals surface area (Å²) < 4.78 is 22.3. The van der Waals surface area contributed by atoms with E-state index in [2.05, 4.69) is 13.3 Å². The molecule has 82 valence electrons. The lowest BCUT2D eigenvalue weighted by Crippen LogP contribution is -2.42. The molecule has 4 N–H and O–H groups in total. The summed E-state index contributed by atoms with van der Waals surface area (Å²) in [5, 5.41) is 0. The minimum absolute atomic E-state index is 1.33. The van der Waals surface area contributed by atoms with Gasteiger partial charge in [-0.15, -0.1) is 0 Å². The predicted molar refractivity (Wildman–Crippen MR) is 43.3 cm³/mol. The lowest BCUT2D eigenvalue weighted by atomic mass is 11.8. The molecule has 0 rings (SSSR count). The average Bonchev–Trinajstić information content (AvgIpc) is 2.00. The maximum atomic E-state index is 8.91. The Morgan fingerprint density at radius 2 is 1.15 bits per heavy atom. The van der Waals surface area contributed by atoms with Gasteiger partial charge in [-0.05, 0) is 0 Å². The van der Waals surface area contributed by atoms with Crippen molar-refractivity contribution in [3.63, 3.8) is 0 Å². The van der Waals surface area contributed by atoms with E-state index in [0.29, 0.717) is 0 Å². The zero-order valence-corrected chi connectivity index (χ0v) is 9.26. The maximum Gasteiger partial charge on any atom is 0.676 e. The van der Waals surface area contributed by atoms with Crippen LogP contribution in [0.2, 0.25) is 0 Å². The van der Waals surface area contributed by atoms with Crippen LogP contribution in [0.3, 0.4) is 0 Å². The number of hydrogen-bond donors (Lipinski definition) is 4. The molecule has 0 aromatic carbocycles. The Balaban J connectivity index is 0. The van der Waals surface area contributed by atoms with Gasteiger partial charge in [-0.3, -0.25) is 0 Å². The standard InChI is InChI=1S/C3H10O4Si.H3O4P/c1-5-8(4,6-2)7-3;1-5(2,3)4/h4H,1-3H3;(H3,1,2,3,4). The van der Waals surface area contributed by atoms with Crippen LogP contribution < -0.4 is 0 Å². The first kappa shape index (κ1) is 15.6. The molecule has 0 radical (unpaired) electrons. The van der Waals surface area contributed by atoms with Crippen LogP contribution in [0.5, 0.6) is 0 Å². The topological polar surface area (TPSA) is 126 Å². The van der Waals surface area contributed by atoms with E-state index < -0.39 is 16.9 Å². The van der Waals surface area contributed by atoms with Crippen molar-refractivity contribution in [3.05, 3.63) is 0 Å². The lowest BCUT2D eigenvalue weighted by Gasteiger charge is -2.14. The third-order valence-corrected chi connectivity index (χ3v) is 2.32. The Labute approximate surface area is 76.4 Å². The van der Waals surface area contributed by atoms with Gasteiger partial charge in [0, 0.05) is 21.3 Å². The summed E-state index contributed by atoms with van der Waals surface area (Å²) in [7, 11) is -3.81. The quantitative estimate of drug-likeness (QED) is 0.342. The van der Waals surface area contributed by atoms with Gasteiger partial charge in [0.2, 0.25) is 0 Å². The van der Waals surface area contributed by atoms with Gasteiger partial charge in [0.05, 0.1) is 0 Å². The van der Waals surface area contributed by atoms with Crippen LogP contribution >= 0.6 is 7.82 Å². The maximum absolute atomic E-state index is 8.91. The third-order valence-electron chi connectivity index (χ3n) is 0.774. The van der Waals surface area contributed by atoms with Gasteiger partial charge in [-0.1, -0.05) is 0 Å². The Bertz CT molecular complexity index is 146. The van der Waals surface area contributed by atoms with E-state index >= 15 is 0 Å². The molecule has 13 heavy (non-hydrogen) atoms. The van der Waals surface area contributed by atoms with Gasteiger partial charge in [-0.25, -0.2) is 4.57 Å². The first-order chi connectivity index (χ1) is 5.68. The highest BCUT2D eigenvalue weighted by Crippen LogP contribution is 2.25. The fourth-order valence-corrected chi connectivity index (χ4v) is 0.750. The van der Waals surface area contributed by atoms with E-state index in [1.54, 1.807) is 0 Å². The van der Waals surface area contributed by atoms with Crippen molar-refractivity contribution in [1.29, 1.82) is 0 Å². The monoisotopic (exact) mass is 236 g/mol. The average molecular weight is 236 g/mol. The minimum Gasteiger partial charge on any atom is -0.367 e. The van der Waals surface area contributed by atoms with Crippen molar-refractivity contribution >= 4 is 16.9 Å². The third kappa shape index (κ3) is 15.0. The Morgan fingerprint density at radius 3 is 1.15 bits per heavy atom. The predicted octanol–water partition coefficient (Wildman–Crippen LogP) is -1.58. The highest BCUT2D eigenvalue weighted by molar-refractivity contribution is 7.45. The fourth-order valence-electron chi connectivity index (χ4n) is 0.250. The largest absolute Gasteiger partial charge is 0.676 e. The molecule has 0 unspecified atom stereocenters. The molecule has 0 amide bonds. The van der Waals surface area contributed by atoms with Crippen molar-refractivity contribution in [2.45, 2.75) is 0 Å². The Kier molecular flexibility index (Phi) is 7.93. The summed E-state index contributed by atoms with van der Waals surface area (Å²) in [6.07, 6.45) is 0. The van der Waals surface area contributed by atoms with Crippen molar-refractivity contribution in [2.24, 2.45) is 0 Å². The molecule has 8 nitrogen and oxygen atoms in total. The Morgan fingerprint density at radius 1 is 1.00 bits per heavy atom. The Hall–Kier alpha value is 0.167. The van der Waals surface area contributed by atoms with E-state index in [4.69, 9.17) is 24.0 Å². The van der Waals surface area contributed by atoms with Gasteiger partial charge in [0.25, 0.3) is 0 Å². The molecule has 0 spiro atoms. The first-order valence-electron chi connectivity index (χ1n) is 2.84. The van der Waals surface area contributed by atoms with Crippen LogP contribution in [0, 0.1) is 0 Å². The molecule has 0 fully saturated rings. The molecule has 0 aromatic rings. The van der Waals surface area contributed by atoms with Gasteiger partial charge >= 0.3 is 16.9 Å². The van der Waals surface area contributed by atoms with Gasteiger partial charge in [-0.2, -0.15) is 0 Å². The van der Waals surface area contributed by atoms with Crippen LogP contribution in [-0.2, 0) is 17.8 Å². The molecule has 0 saturated heterocycles. The summed E-state index contributed by atoms with van der Waals surface area (Å²) in [5.74, 6) is 0. The van der Waals surface area contributed by atoms with E-state index in [1.807, 2.05) is 0 Å². The smallest absolute Gasteiger partial charge is 0.367 e. The van der Waals surface area contributed by atoms with Crippen LogP contribution in [-0.4, -0.2) is 49.9 Å². The normalized spacial score (nSPS) is 11.9. The second kappa shape index (κ2) is 6.60. The highest BCUT2D eigenvalue weighted by Gasteiger charge is 2.36. The van der Waals surface area contributed by atoms with E-state index in [-0.39, 0.29) is 0 Å². The van der Waals surface area contributed by atoms with E-state index in [1.165, 1.54) is 21.3 Å². The summed E-state index contributed by atoms with van der Waals surface area (Å²) in [4.78, 5) is 30.5. The molecule has 0 aliphatic rings. The van der Waals surface area contributed by atoms with Gasteiger partial charge in [0.15, 0.2) is 0 Å². The molecule has 0 heterocycles. The van der Waals surface area contributed by atoms with Crippen molar-refractivity contribution < 1.29 is 37.3 Å². The summed E-state index contributed by atoms with van der Waals surface area (Å²) in [5.41, 5.74) is 0. The van der Waals surface area contributed by atoms with Crippen molar-refractivity contribution in [2.75, 3.05) is 21.3 Å². The summed E-state index contributed by atoms with van der Waals surface area (Å²) >= 11 is 0. The molecule has 0 aliphatic carbocycles. The van der Waals surface area contributed by atoms with Crippen LogP contribution in [0.15, 0.2) is 0 Å². The molecule has 0 atom stereocenters. The van der Waals surface area contributed by atoms with Crippen LogP contribution in [0.25, 0.3) is 0 Å². The zero-order valence-electron chi connectivity index (χ0n) is 7.37. The summed E-state index contributed by atoms with van der Waals surface area (Å²) in [6.45, 7) is 0. The number of phosphoric acid groups is 1. The minimum atomic E-state index is -4.64. The number of hydrogen-bond acceptors (Lipinski definition) is 5. The molecular weight excluding hydrogens is 223 g/mol. The van der Waals surface area contributed by atoms with Crippen molar-refractivity contribution in [1.82, 2.24) is 0 Å². The second-order valence-corrected chi connectivity index (χ2v) is 4.95. The second-order valence-electron chi connectivity index (χ2n) is 1.65. The molecular formula is C3H13O8PSi. The zero-order chi connectivity index (χ0) is 11.1. The van der Waals surface area contributed by atoms with Crippen molar-refractivity contribution in [3.8, 4) is 0 Å². The van der Waals surface area contributed by atoms with Gasteiger partial charge in [0.1, 0.15) is 0 Å². The number of rotatable bonds is 3. The first-order valence-corrected chi connectivity index (χ1v) is 6.08. The molecule has 10 heteroatoms. The highest BCUT2D eigenvalue weighted by atomic mass is 31.2. The van der Waals surface area contributed by atoms with E-state index in [9.17, 15) is 0 Å². The molecule has 0 aliphatic heterocycles. The van der Waals surface area contributed by atoms with Crippen LogP contribution in [0.4, 0.5) is 0 Å². The molecule has 0 bridgehead atoms. The summed E-state index contributed by atoms with van der Waals surface area (Å²) in [6, 6.07) is 0. The van der Waals surface area contributed by atoms with Crippen LogP contribution in [0.1, 0.15) is 0 Å². The fraction of sp³-hybridized carbons (Fsp3) is 1.00. The SMILES string of the molecule is CO[Si](O)(OC)OC.O=P(O)(O)O. The molecule has 0 saturated carbocycles. The molecule has 0 aromatic heterocycles.